The number of sulfonamides is 1. The largest absolute Gasteiger partial charge is 0.326 e. The topological polar surface area (TPSA) is 88.2 Å². The summed E-state index contributed by atoms with van der Waals surface area (Å²) in [6.45, 7) is -0.0180. The lowest BCUT2D eigenvalue weighted by atomic mass is 10.2. The maximum Gasteiger partial charge on any atom is 0.240 e. The van der Waals surface area contributed by atoms with Gasteiger partial charge in [-0.3, -0.25) is 4.79 Å². The Kier molecular flexibility index (Phi) is 7.87. The molecule has 9 heteroatoms. The Bertz CT molecular complexity index is 1110. The second-order valence-corrected chi connectivity index (χ2v) is 9.51. The van der Waals surface area contributed by atoms with Crippen LogP contribution >= 0.6 is 23.4 Å². The van der Waals surface area contributed by atoms with Gasteiger partial charge in [-0.2, -0.15) is 0 Å². The first-order valence-corrected chi connectivity index (χ1v) is 11.9. The fourth-order valence-electron chi connectivity index (χ4n) is 2.57. The first-order valence-electron chi connectivity index (χ1n) is 9.10. The Balaban J connectivity index is 1.49. The summed E-state index contributed by atoms with van der Waals surface area (Å²) < 4.78 is 26.9. The number of amides is 1. The van der Waals surface area contributed by atoms with Gasteiger partial charge in [-0.25, -0.2) is 18.1 Å². The van der Waals surface area contributed by atoms with Crippen LogP contribution in [0.15, 0.2) is 82.8 Å². The van der Waals surface area contributed by atoms with Crippen molar-refractivity contribution >= 4 is 45.0 Å². The molecule has 0 unspecified atom stereocenters. The predicted molar refractivity (Wildman–Crippen MR) is 120 cm³/mol. The molecule has 0 fully saturated rings. The number of aromatic nitrogens is 1. The number of thioether (sulfide) groups is 1. The van der Waals surface area contributed by atoms with E-state index in [2.05, 4.69) is 15.0 Å². The molecule has 0 radical (unpaired) electrons. The van der Waals surface area contributed by atoms with E-state index in [-0.39, 0.29) is 23.8 Å². The highest BCUT2D eigenvalue weighted by Crippen LogP contribution is 2.22. The molecule has 2 N–H and O–H groups in total. The number of nitrogens with one attached hydrogen (secondary N) is 2. The first-order chi connectivity index (χ1) is 14.4. The monoisotopic (exact) mass is 461 g/mol. The van der Waals surface area contributed by atoms with Crippen molar-refractivity contribution in [2.45, 2.75) is 22.1 Å². The second-order valence-electron chi connectivity index (χ2n) is 6.31. The zero-order valence-electron chi connectivity index (χ0n) is 15.9. The van der Waals surface area contributed by atoms with Crippen LogP contribution in [-0.4, -0.2) is 25.9 Å². The molecule has 30 heavy (non-hydrogen) atoms. The van der Waals surface area contributed by atoms with Crippen molar-refractivity contribution < 1.29 is 13.2 Å². The average molecular weight is 462 g/mol. The molecule has 0 aliphatic heterocycles. The summed E-state index contributed by atoms with van der Waals surface area (Å²) in [7, 11) is -3.71. The third kappa shape index (κ3) is 6.84. The maximum atomic E-state index is 12.2. The molecule has 0 bridgehead atoms. The van der Waals surface area contributed by atoms with Crippen LogP contribution in [0.2, 0.25) is 5.02 Å². The minimum absolute atomic E-state index is 0.00666. The Morgan fingerprint density at radius 1 is 1.03 bits per heavy atom. The quantitative estimate of drug-likeness (QED) is 0.463. The number of hydrogen-bond acceptors (Lipinski definition) is 5. The summed E-state index contributed by atoms with van der Waals surface area (Å²) in [6.07, 6.45) is 1.76. The fraction of sp³-hybridized carbons (Fsp3) is 0.143. The number of benzene rings is 2. The Hall–Kier alpha value is -2.39. The maximum absolute atomic E-state index is 12.2. The number of carbonyl (C=O) groups is 1. The highest BCUT2D eigenvalue weighted by Gasteiger charge is 2.14. The smallest absolute Gasteiger partial charge is 0.240 e. The van der Waals surface area contributed by atoms with Crippen molar-refractivity contribution in [2.75, 3.05) is 11.9 Å². The van der Waals surface area contributed by atoms with E-state index in [1.54, 1.807) is 36.2 Å². The van der Waals surface area contributed by atoms with Gasteiger partial charge in [0.2, 0.25) is 15.9 Å². The molecule has 0 aliphatic rings. The highest BCUT2D eigenvalue weighted by molar-refractivity contribution is 7.98. The predicted octanol–water partition coefficient (Wildman–Crippen LogP) is 4.33. The highest BCUT2D eigenvalue weighted by atomic mass is 35.5. The molecule has 156 valence electrons. The lowest BCUT2D eigenvalue weighted by Gasteiger charge is -2.09. The number of carbonyl (C=O) groups excluding carboxylic acids is 1. The van der Waals surface area contributed by atoms with E-state index in [0.717, 1.165) is 16.3 Å². The molecule has 0 atom stereocenters. The van der Waals surface area contributed by atoms with Gasteiger partial charge >= 0.3 is 0 Å². The van der Waals surface area contributed by atoms with E-state index >= 15 is 0 Å². The summed E-state index contributed by atoms with van der Waals surface area (Å²) in [4.78, 5) is 16.5. The molecular weight excluding hydrogens is 442 g/mol. The van der Waals surface area contributed by atoms with Gasteiger partial charge in [0.05, 0.1) is 9.92 Å². The van der Waals surface area contributed by atoms with E-state index in [1.165, 1.54) is 12.1 Å². The van der Waals surface area contributed by atoms with Crippen LogP contribution in [0.25, 0.3) is 0 Å². The van der Waals surface area contributed by atoms with Crippen molar-refractivity contribution in [3.05, 3.63) is 83.5 Å². The SMILES string of the molecule is O=C(CCNS(=O)(=O)c1cccc(Cl)c1)Nc1cccc(CSc2ccccn2)c1. The van der Waals surface area contributed by atoms with Gasteiger partial charge in [0, 0.05) is 35.6 Å². The van der Waals surface area contributed by atoms with Crippen molar-refractivity contribution in [1.29, 1.82) is 0 Å². The molecule has 0 spiro atoms. The second kappa shape index (κ2) is 10.6. The van der Waals surface area contributed by atoms with Crippen LogP contribution in [0.1, 0.15) is 12.0 Å². The number of halogens is 1. The van der Waals surface area contributed by atoms with E-state index < -0.39 is 10.0 Å². The summed E-state index contributed by atoms with van der Waals surface area (Å²) >= 11 is 7.44. The standard InChI is InChI=1S/C21H20ClN3O3S2/c22-17-6-4-8-19(14-17)30(27,28)24-12-10-20(26)25-18-7-3-5-16(13-18)15-29-21-9-1-2-11-23-21/h1-9,11,13-14,24H,10,12,15H2,(H,25,26). The van der Waals surface area contributed by atoms with Crippen molar-refractivity contribution in [1.82, 2.24) is 9.71 Å². The van der Waals surface area contributed by atoms with Gasteiger partial charge in [0.15, 0.2) is 0 Å². The van der Waals surface area contributed by atoms with E-state index in [9.17, 15) is 13.2 Å². The minimum atomic E-state index is -3.71. The molecule has 1 heterocycles. The Labute approximate surface area is 185 Å². The minimum Gasteiger partial charge on any atom is -0.326 e. The van der Waals surface area contributed by atoms with Crippen LogP contribution in [-0.2, 0) is 20.6 Å². The number of anilines is 1. The molecule has 6 nitrogen and oxygen atoms in total. The molecule has 1 amide bonds. The number of rotatable bonds is 9. The van der Waals surface area contributed by atoms with Crippen molar-refractivity contribution in [2.24, 2.45) is 0 Å². The Morgan fingerprint density at radius 3 is 2.63 bits per heavy atom. The molecular formula is C21H20ClN3O3S2. The van der Waals surface area contributed by atoms with Gasteiger partial charge in [0.1, 0.15) is 0 Å². The summed E-state index contributed by atoms with van der Waals surface area (Å²) in [6, 6.07) is 19.2. The average Bonchev–Trinajstić information content (AvgIpc) is 2.73. The van der Waals surface area contributed by atoms with Crippen molar-refractivity contribution in [3.63, 3.8) is 0 Å². The van der Waals surface area contributed by atoms with E-state index in [4.69, 9.17) is 11.6 Å². The molecule has 2 aromatic carbocycles. The number of nitrogens with zero attached hydrogens (tertiary/aromatic N) is 1. The van der Waals surface area contributed by atoms with Gasteiger partial charge in [-0.1, -0.05) is 35.9 Å². The number of pyridine rings is 1. The van der Waals surface area contributed by atoms with Crippen LogP contribution in [0.3, 0.4) is 0 Å². The fourth-order valence-corrected chi connectivity index (χ4v) is 4.71. The van der Waals surface area contributed by atoms with E-state index in [1.807, 2.05) is 36.4 Å². The summed E-state index contributed by atoms with van der Waals surface area (Å²) in [5.74, 6) is 0.443. The van der Waals surface area contributed by atoms with Crippen LogP contribution in [0.5, 0.6) is 0 Å². The first kappa shape index (κ1) is 22.3. The van der Waals surface area contributed by atoms with Crippen LogP contribution in [0, 0.1) is 0 Å². The third-order valence-corrected chi connectivity index (χ3v) is 6.69. The normalized spacial score (nSPS) is 11.2. The molecule has 3 rings (SSSR count). The zero-order valence-corrected chi connectivity index (χ0v) is 18.3. The van der Waals surface area contributed by atoms with Gasteiger partial charge in [-0.05, 0) is 48.0 Å². The van der Waals surface area contributed by atoms with Crippen LogP contribution in [0.4, 0.5) is 5.69 Å². The summed E-state index contributed by atoms with van der Waals surface area (Å²) in [5, 5.41) is 4.06. The number of hydrogen-bond donors (Lipinski definition) is 2. The van der Waals surface area contributed by atoms with Gasteiger partial charge in [0.25, 0.3) is 0 Å². The molecule has 0 saturated heterocycles. The molecule has 0 aliphatic carbocycles. The zero-order chi connectivity index (χ0) is 21.4. The van der Waals surface area contributed by atoms with Crippen molar-refractivity contribution in [3.8, 4) is 0 Å². The summed E-state index contributed by atoms with van der Waals surface area (Å²) in [5.41, 5.74) is 1.71. The third-order valence-electron chi connectivity index (χ3n) is 3.99. The van der Waals surface area contributed by atoms with Crippen LogP contribution < -0.4 is 10.0 Å². The van der Waals surface area contributed by atoms with E-state index in [0.29, 0.717) is 10.7 Å². The molecule has 0 saturated carbocycles. The van der Waals surface area contributed by atoms with Gasteiger partial charge in [-0.15, -0.1) is 11.8 Å². The molecule has 1 aromatic heterocycles. The van der Waals surface area contributed by atoms with Gasteiger partial charge < -0.3 is 5.32 Å². The lowest BCUT2D eigenvalue weighted by Crippen LogP contribution is -2.27. The lowest BCUT2D eigenvalue weighted by molar-refractivity contribution is -0.116. The Morgan fingerprint density at radius 2 is 1.87 bits per heavy atom. The molecule has 3 aromatic rings.